The van der Waals surface area contributed by atoms with E-state index in [0.717, 1.165) is 30.8 Å². The summed E-state index contributed by atoms with van der Waals surface area (Å²) >= 11 is 0. The number of nitrogen functional groups attached to an aromatic ring is 1. The fraction of sp³-hybridized carbons (Fsp3) is 0.391. The van der Waals surface area contributed by atoms with Crippen LogP contribution in [0.1, 0.15) is 49.0 Å². The van der Waals surface area contributed by atoms with E-state index in [-0.39, 0.29) is 11.7 Å². The molecule has 0 aromatic heterocycles. The Morgan fingerprint density at radius 2 is 1.52 bits per heavy atom. The molecule has 2 aromatic rings. The molecule has 0 aliphatic carbocycles. The summed E-state index contributed by atoms with van der Waals surface area (Å²) in [5, 5.41) is 7.38. The number of unbranched alkanes of at least 4 members (excludes halogenated alkanes) is 2. The number of carbonyl (C=O) groups is 1. The first-order chi connectivity index (χ1) is 14.0. The maximum atomic E-state index is 12.4. The summed E-state index contributed by atoms with van der Waals surface area (Å²) in [6.45, 7) is 6.59. The summed E-state index contributed by atoms with van der Waals surface area (Å²) in [6.07, 6.45) is 2.84. The molecule has 0 heterocycles. The van der Waals surface area contributed by atoms with Gasteiger partial charge in [-0.2, -0.15) is 0 Å². The van der Waals surface area contributed by atoms with E-state index < -0.39 is 0 Å². The minimum Gasteiger partial charge on any atom is -0.494 e. The van der Waals surface area contributed by atoms with Crippen LogP contribution in [0, 0.1) is 5.41 Å². The zero-order valence-corrected chi connectivity index (χ0v) is 17.3. The second kappa shape index (κ2) is 11.7. The monoisotopic (exact) mass is 397 g/mol. The SMILES string of the molecule is CCN(CC)C(=O)c1cccc(OCCCCCOc2ccc(C(=N)N)cc2)c1. The predicted molar refractivity (Wildman–Crippen MR) is 116 cm³/mol. The molecule has 0 saturated heterocycles. The molecule has 0 radical (unpaired) electrons. The number of nitrogens with two attached hydrogens (primary N) is 1. The van der Waals surface area contributed by atoms with Gasteiger partial charge in [-0.1, -0.05) is 6.07 Å². The molecule has 6 nitrogen and oxygen atoms in total. The van der Waals surface area contributed by atoms with Crippen molar-refractivity contribution in [3.8, 4) is 11.5 Å². The number of nitrogens with zero attached hydrogens (tertiary/aromatic N) is 1. The van der Waals surface area contributed by atoms with Crippen LogP contribution >= 0.6 is 0 Å². The molecule has 0 unspecified atom stereocenters. The van der Waals surface area contributed by atoms with Crippen LogP contribution in [0.4, 0.5) is 0 Å². The van der Waals surface area contributed by atoms with E-state index >= 15 is 0 Å². The zero-order chi connectivity index (χ0) is 21.1. The van der Waals surface area contributed by atoms with E-state index in [1.807, 2.05) is 50.2 Å². The van der Waals surface area contributed by atoms with Crippen molar-refractivity contribution in [2.75, 3.05) is 26.3 Å². The highest BCUT2D eigenvalue weighted by molar-refractivity contribution is 5.95. The van der Waals surface area contributed by atoms with Gasteiger partial charge in [-0.3, -0.25) is 10.2 Å². The maximum Gasteiger partial charge on any atom is 0.253 e. The average molecular weight is 398 g/mol. The lowest BCUT2D eigenvalue weighted by Crippen LogP contribution is -2.30. The molecule has 0 saturated carbocycles. The fourth-order valence-corrected chi connectivity index (χ4v) is 2.90. The van der Waals surface area contributed by atoms with Gasteiger partial charge >= 0.3 is 0 Å². The lowest BCUT2D eigenvalue weighted by Gasteiger charge is -2.19. The Hall–Kier alpha value is -3.02. The molecule has 0 spiro atoms. The van der Waals surface area contributed by atoms with E-state index in [0.29, 0.717) is 37.4 Å². The van der Waals surface area contributed by atoms with E-state index in [4.69, 9.17) is 20.6 Å². The molecule has 0 bridgehead atoms. The number of amides is 1. The number of benzene rings is 2. The smallest absolute Gasteiger partial charge is 0.253 e. The topological polar surface area (TPSA) is 88.6 Å². The van der Waals surface area contributed by atoms with Crippen molar-refractivity contribution in [3.05, 3.63) is 59.7 Å². The number of rotatable bonds is 12. The third-order valence-electron chi connectivity index (χ3n) is 4.62. The normalized spacial score (nSPS) is 10.4. The van der Waals surface area contributed by atoms with Crippen LogP contribution in [0.15, 0.2) is 48.5 Å². The van der Waals surface area contributed by atoms with Crippen molar-refractivity contribution in [1.82, 2.24) is 4.90 Å². The highest BCUT2D eigenvalue weighted by Gasteiger charge is 2.12. The summed E-state index contributed by atoms with van der Waals surface area (Å²) in [6, 6.07) is 14.6. The maximum absolute atomic E-state index is 12.4. The van der Waals surface area contributed by atoms with Gasteiger partial charge in [0.2, 0.25) is 0 Å². The Kier molecular flexibility index (Phi) is 9.02. The van der Waals surface area contributed by atoms with E-state index in [1.54, 1.807) is 17.0 Å². The molecule has 156 valence electrons. The first-order valence-electron chi connectivity index (χ1n) is 10.1. The van der Waals surface area contributed by atoms with Gasteiger partial charge in [-0.25, -0.2) is 0 Å². The molecule has 2 rings (SSSR count). The van der Waals surface area contributed by atoms with Gasteiger partial charge in [0.25, 0.3) is 5.91 Å². The largest absolute Gasteiger partial charge is 0.494 e. The van der Waals surface area contributed by atoms with Crippen molar-refractivity contribution < 1.29 is 14.3 Å². The van der Waals surface area contributed by atoms with Gasteiger partial charge in [-0.15, -0.1) is 0 Å². The van der Waals surface area contributed by atoms with Gasteiger partial charge in [0, 0.05) is 24.2 Å². The second-order valence-corrected chi connectivity index (χ2v) is 6.70. The van der Waals surface area contributed by atoms with Crippen molar-refractivity contribution in [3.63, 3.8) is 0 Å². The van der Waals surface area contributed by atoms with Crippen molar-refractivity contribution in [1.29, 1.82) is 5.41 Å². The van der Waals surface area contributed by atoms with Crippen LogP contribution in [0.5, 0.6) is 11.5 Å². The standard InChI is InChI=1S/C23H31N3O3/c1-3-26(4-2)23(27)19-9-8-10-21(17-19)29-16-7-5-6-15-28-20-13-11-18(12-14-20)22(24)25/h8-14,17H,3-7,15-16H2,1-2H3,(H3,24,25). The summed E-state index contributed by atoms with van der Waals surface area (Å²) in [4.78, 5) is 14.2. The number of nitrogens with one attached hydrogen (secondary N) is 1. The number of hydrogen-bond acceptors (Lipinski definition) is 4. The fourth-order valence-electron chi connectivity index (χ4n) is 2.90. The first-order valence-corrected chi connectivity index (χ1v) is 10.1. The Morgan fingerprint density at radius 3 is 2.10 bits per heavy atom. The highest BCUT2D eigenvalue weighted by Crippen LogP contribution is 2.16. The lowest BCUT2D eigenvalue weighted by atomic mass is 10.2. The van der Waals surface area contributed by atoms with Gasteiger partial charge in [0.05, 0.1) is 13.2 Å². The van der Waals surface area contributed by atoms with Crippen LogP contribution in [-0.2, 0) is 0 Å². The molecule has 3 N–H and O–H groups in total. The molecule has 0 aliphatic heterocycles. The molecule has 6 heteroatoms. The molecule has 1 amide bonds. The van der Waals surface area contributed by atoms with Gasteiger partial charge < -0.3 is 20.1 Å². The summed E-state index contributed by atoms with van der Waals surface area (Å²) in [7, 11) is 0. The third-order valence-corrected chi connectivity index (χ3v) is 4.62. The zero-order valence-electron chi connectivity index (χ0n) is 17.3. The predicted octanol–water partition coefficient (Wildman–Crippen LogP) is 4.08. The molecule has 0 fully saturated rings. The van der Waals surface area contributed by atoms with Crippen LogP contribution < -0.4 is 15.2 Å². The highest BCUT2D eigenvalue weighted by atomic mass is 16.5. The van der Waals surface area contributed by atoms with E-state index in [9.17, 15) is 4.79 Å². The minimum absolute atomic E-state index is 0.0361. The minimum atomic E-state index is 0.0361. The van der Waals surface area contributed by atoms with Crippen molar-refractivity contribution in [2.45, 2.75) is 33.1 Å². The molecular weight excluding hydrogens is 366 g/mol. The Labute approximate surface area is 173 Å². The Balaban J connectivity index is 1.66. The second-order valence-electron chi connectivity index (χ2n) is 6.70. The number of carbonyl (C=O) groups excluding carboxylic acids is 1. The van der Waals surface area contributed by atoms with Gasteiger partial charge in [0.15, 0.2) is 0 Å². The molecule has 2 aromatic carbocycles. The van der Waals surface area contributed by atoms with Gasteiger partial charge in [-0.05, 0) is 75.6 Å². The van der Waals surface area contributed by atoms with E-state index in [2.05, 4.69) is 0 Å². The molecule has 0 atom stereocenters. The van der Waals surface area contributed by atoms with Crippen LogP contribution in [0.2, 0.25) is 0 Å². The summed E-state index contributed by atoms with van der Waals surface area (Å²) in [5.74, 6) is 1.60. The van der Waals surface area contributed by atoms with Crippen molar-refractivity contribution in [2.24, 2.45) is 5.73 Å². The Bertz CT molecular complexity index is 786. The summed E-state index contributed by atoms with van der Waals surface area (Å²) in [5.41, 5.74) is 6.79. The molecule has 29 heavy (non-hydrogen) atoms. The lowest BCUT2D eigenvalue weighted by molar-refractivity contribution is 0.0772. The van der Waals surface area contributed by atoms with Crippen molar-refractivity contribution >= 4 is 11.7 Å². The number of ether oxygens (including phenoxy) is 2. The molecule has 0 aliphatic rings. The summed E-state index contributed by atoms with van der Waals surface area (Å²) < 4.78 is 11.5. The Morgan fingerprint density at radius 1 is 0.897 bits per heavy atom. The number of amidine groups is 1. The third kappa shape index (κ3) is 7.14. The van der Waals surface area contributed by atoms with Crippen LogP contribution in [-0.4, -0.2) is 42.9 Å². The van der Waals surface area contributed by atoms with Crippen LogP contribution in [0.25, 0.3) is 0 Å². The van der Waals surface area contributed by atoms with Gasteiger partial charge in [0.1, 0.15) is 17.3 Å². The number of hydrogen-bond donors (Lipinski definition) is 2. The molecular formula is C23H31N3O3. The average Bonchev–Trinajstić information content (AvgIpc) is 2.74. The first kappa shape index (κ1) is 22.3. The quantitative estimate of drug-likeness (QED) is 0.321. The van der Waals surface area contributed by atoms with Crippen LogP contribution in [0.3, 0.4) is 0 Å². The van der Waals surface area contributed by atoms with E-state index in [1.165, 1.54) is 0 Å².